The summed E-state index contributed by atoms with van der Waals surface area (Å²) in [5, 5.41) is 19.1. The highest BCUT2D eigenvalue weighted by Gasteiger charge is 2.36. The largest absolute Gasteiger partial charge is 0.393 e. The summed E-state index contributed by atoms with van der Waals surface area (Å²) in [4.78, 5) is 69.1. The number of hydrogen-bond acceptors (Lipinski definition) is 9. The fraction of sp³-hybridized carbons (Fsp3) is 0.357. The molecule has 0 radical (unpaired) electrons. The number of imide groups is 2. The lowest BCUT2D eigenvalue weighted by Gasteiger charge is -2.31. The molecule has 4 amide bonds. The maximum absolute atomic E-state index is 12.2. The van der Waals surface area contributed by atoms with E-state index in [1.54, 1.807) is 48.5 Å². The van der Waals surface area contributed by atoms with Crippen LogP contribution in [-0.4, -0.2) is 87.8 Å². The normalized spacial score (nSPS) is 21.4. The van der Waals surface area contributed by atoms with Gasteiger partial charge in [0.15, 0.2) is 6.29 Å². The molecule has 1 saturated heterocycles. The Morgan fingerprint density at radius 3 is 1.56 bits per heavy atom. The number of aldehydes is 2. The molecule has 5 rings (SSSR count). The SMILES string of the molecule is CC=O.O=C1c2ccccc2C(=O)N1CC[C@@H]1C[C@@H](O)CC(O)O1.O=CCCN1C(=O)c2ccccc2C1=O. The van der Waals surface area contributed by atoms with Crippen molar-refractivity contribution in [2.75, 3.05) is 13.1 Å². The molecule has 11 nitrogen and oxygen atoms in total. The number of amides is 4. The standard InChI is InChI=1S/C15H17NO5.C11H9NO3.C2H4O/c17-9-7-10(21-13(18)8-9)5-6-16-14(19)11-3-1-2-4-12(11)15(16)20;13-7-3-6-12-10(14)8-4-1-2-5-9(8)11(12)15;1-2-3/h1-4,9-10,13,17-18H,5-8H2;1-2,4-5,7H,3,6H2;2H,1H3/t9-,10-,13?;;/m1../s1. The topological polar surface area (TPSA) is 159 Å². The molecule has 39 heavy (non-hydrogen) atoms. The number of rotatable bonds is 6. The summed E-state index contributed by atoms with van der Waals surface area (Å²) in [6.45, 7) is 1.83. The highest BCUT2D eigenvalue weighted by Crippen LogP contribution is 2.25. The second-order valence-electron chi connectivity index (χ2n) is 8.93. The molecule has 206 valence electrons. The van der Waals surface area contributed by atoms with Crippen molar-refractivity contribution in [2.45, 2.75) is 51.1 Å². The van der Waals surface area contributed by atoms with Crippen molar-refractivity contribution in [1.29, 1.82) is 0 Å². The van der Waals surface area contributed by atoms with Gasteiger partial charge in [0.2, 0.25) is 0 Å². The molecule has 11 heteroatoms. The minimum atomic E-state index is -0.985. The quantitative estimate of drug-likeness (QED) is 0.412. The van der Waals surface area contributed by atoms with Crippen molar-refractivity contribution in [3.05, 3.63) is 70.8 Å². The zero-order valence-electron chi connectivity index (χ0n) is 21.4. The number of nitrogens with zero attached hydrogens (tertiary/aromatic N) is 2. The first-order chi connectivity index (χ1) is 18.7. The number of aliphatic hydroxyl groups excluding tert-OH is 2. The summed E-state index contributed by atoms with van der Waals surface area (Å²) in [5.41, 5.74) is 1.70. The average molecular weight is 539 g/mol. The van der Waals surface area contributed by atoms with Gasteiger partial charge in [0.05, 0.1) is 34.5 Å². The van der Waals surface area contributed by atoms with Crippen LogP contribution in [-0.2, 0) is 14.3 Å². The molecule has 1 unspecified atom stereocenters. The van der Waals surface area contributed by atoms with Gasteiger partial charge >= 0.3 is 0 Å². The van der Waals surface area contributed by atoms with Crippen molar-refractivity contribution < 1.29 is 43.7 Å². The molecule has 3 aliphatic heterocycles. The number of ether oxygens (including phenoxy) is 1. The number of carbonyl (C=O) groups is 6. The summed E-state index contributed by atoms with van der Waals surface area (Å²) < 4.78 is 5.31. The Labute approximate surface area is 225 Å². The van der Waals surface area contributed by atoms with Crippen LogP contribution >= 0.6 is 0 Å². The van der Waals surface area contributed by atoms with Gasteiger partial charge in [-0.2, -0.15) is 0 Å². The summed E-state index contributed by atoms with van der Waals surface area (Å²) in [6, 6.07) is 13.4. The van der Waals surface area contributed by atoms with E-state index in [4.69, 9.17) is 9.53 Å². The molecule has 0 bridgehead atoms. The Hall–Kier alpha value is -4.06. The summed E-state index contributed by atoms with van der Waals surface area (Å²) in [7, 11) is 0. The summed E-state index contributed by atoms with van der Waals surface area (Å²) in [6.07, 6.45) is 0.688. The van der Waals surface area contributed by atoms with E-state index in [-0.39, 0.29) is 55.7 Å². The molecule has 2 aromatic carbocycles. The molecule has 0 aliphatic carbocycles. The third-order valence-corrected chi connectivity index (χ3v) is 6.26. The number of hydrogen-bond donors (Lipinski definition) is 2. The Kier molecular flexibility index (Phi) is 10.3. The molecular formula is C28H30N2O9. The van der Waals surface area contributed by atoms with Crippen LogP contribution in [0.3, 0.4) is 0 Å². The van der Waals surface area contributed by atoms with Crippen LogP contribution in [0.5, 0.6) is 0 Å². The lowest BCUT2D eigenvalue weighted by Crippen LogP contribution is -2.39. The van der Waals surface area contributed by atoms with Gasteiger partial charge in [0, 0.05) is 25.9 Å². The molecule has 3 heterocycles. The van der Waals surface area contributed by atoms with Crippen molar-refractivity contribution in [3.63, 3.8) is 0 Å². The van der Waals surface area contributed by atoms with Gasteiger partial charge in [-0.25, -0.2) is 0 Å². The van der Waals surface area contributed by atoms with Gasteiger partial charge in [-0.3, -0.25) is 29.0 Å². The van der Waals surface area contributed by atoms with Crippen LogP contribution in [0.15, 0.2) is 48.5 Å². The zero-order chi connectivity index (χ0) is 28.5. The number of fused-ring (bicyclic) bond motifs is 2. The maximum atomic E-state index is 12.2. The predicted molar refractivity (Wildman–Crippen MR) is 137 cm³/mol. The van der Waals surface area contributed by atoms with E-state index in [0.717, 1.165) is 11.2 Å². The maximum Gasteiger partial charge on any atom is 0.261 e. The first kappa shape index (κ1) is 29.5. The van der Waals surface area contributed by atoms with Gasteiger partial charge < -0.3 is 24.5 Å². The Balaban J connectivity index is 0.000000205. The monoisotopic (exact) mass is 538 g/mol. The highest BCUT2D eigenvalue weighted by atomic mass is 16.6. The molecule has 3 aliphatic rings. The molecule has 3 atom stereocenters. The van der Waals surface area contributed by atoms with E-state index < -0.39 is 12.4 Å². The predicted octanol–water partition coefficient (Wildman–Crippen LogP) is 1.61. The lowest BCUT2D eigenvalue weighted by molar-refractivity contribution is -0.190. The van der Waals surface area contributed by atoms with E-state index >= 15 is 0 Å². The Morgan fingerprint density at radius 2 is 1.18 bits per heavy atom. The molecule has 0 spiro atoms. The molecule has 1 fully saturated rings. The Bertz CT molecular complexity index is 1170. The van der Waals surface area contributed by atoms with Crippen LogP contribution in [0.4, 0.5) is 0 Å². The van der Waals surface area contributed by atoms with Crippen LogP contribution in [0, 0.1) is 0 Å². The number of benzene rings is 2. The van der Waals surface area contributed by atoms with Gasteiger partial charge in [-0.05, 0) is 44.0 Å². The Morgan fingerprint density at radius 1 is 0.769 bits per heavy atom. The summed E-state index contributed by atoms with van der Waals surface area (Å²) in [5.74, 6) is -1.21. The van der Waals surface area contributed by atoms with Gasteiger partial charge in [0.1, 0.15) is 12.6 Å². The van der Waals surface area contributed by atoms with E-state index in [9.17, 15) is 34.2 Å². The van der Waals surface area contributed by atoms with Crippen LogP contribution in [0.2, 0.25) is 0 Å². The molecular weight excluding hydrogens is 508 g/mol. The fourth-order valence-electron chi connectivity index (χ4n) is 4.49. The number of carbonyl (C=O) groups excluding carboxylic acids is 6. The first-order valence-electron chi connectivity index (χ1n) is 12.5. The van der Waals surface area contributed by atoms with E-state index in [1.165, 1.54) is 11.8 Å². The molecule has 0 aromatic heterocycles. The van der Waals surface area contributed by atoms with Gasteiger partial charge in [0.25, 0.3) is 23.6 Å². The smallest absolute Gasteiger partial charge is 0.261 e. The van der Waals surface area contributed by atoms with E-state index in [0.29, 0.717) is 41.4 Å². The minimum Gasteiger partial charge on any atom is -0.393 e. The fourth-order valence-corrected chi connectivity index (χ4v) is 4.49. The average Bonchev–Trinajstić information content (AvgIpc) is 3.31. The highest BCUT2D eigenvalue weighted by molar-refractivity contribution is 6.22. The molecule has 2 N–H and O–H groups in total. The zero-order valence-corrected chi connectivity index (χ0v) is 21.4. The molecule has 0 saturated carbocycles. The third kappa shape index (κ3) is 6.88. The summed E-state index contributed by atoms with van der Waals surface area (Å²) >= 11 is 0. The van der Waals surface area contributed by atoms with Crippen LogP contribution < -0.4 is 0 Å². The van der Waals surface area contributed by atoms with E-state index in [1.807, 2.05) is 0 Å². The van der Waals surface area contributed by atoms with Crippen molar-refractivity contribution in [2.24, 2.45) is 0 Å². The second-order valence-corrected chi connectivity index (χ2v) is 8.93. The minimum absolute atomic E-state index is 0.163. The molecule has 2 aromatic rings. The third-order valence-electron chi connectivity index (χ3n) is 6.26. The van der Waals surface area contributed by atoms with Crippen LogP contribution in [0.25, 0.3) is 0 Å². The van der Waals surface area contributed by atoms with E-state index in [2.05, 4.69) is 0 Å². The van der Waals surface area contributed by atoms with Crippen molar-refractivity contribution >= 4 is 36.2 Å². The van der Waals surface area contributed by atoms with Crippen molar-refractivity contribution in [1.82, 2.24) is 9.80 Å². The van der Waals surface area contributed by atoms with Gasteiger partial charge in [-0.1, -0.05) is 24.3 Å². The lowest BCUT2D eigenvalue weighted by atomic mass is 10.0. The first-order valence-corrected chi connectivity index (χ1v) is 12.5. The second kappa shape index (κ2) is 13.7. The number of aliphatic hydroxyl groups is 2. The van der Waals surface area contributed by atoms with Crippen LogP contribution in [0.1, 0.15) is 74.0 Å². The van der Waals surface area contributed by atoms with Crippen molar-refractivity contribution in [3.8, 4) is 0 Å². The van der Waals surface area contributed by atoms with Gasteiger partial charge in [-0.15, -0.1) is 0 Å².